The number of rotatable bonds is 4. The zero-order valence-electron chi connectivity index (χ0n) is 11.3. The van der Waals surface area contributed by atoms with Crippen LogP contribution in [0.4, 0.5) is 5.69 Å². The third kappa shape index (κ3) is 2.76. The molecule has 1 amide bonds. The first kappa shape index (κ1) is 13.3. The van der Waals surface area contributed by atoms with E-state index in [2.05, 4.69) is 22.4 Å². The highest BCUT2D eigenvalue weighted by Crippen LogP contribution is 2.39. The van der Waals surface area contributed by atoms with Gasteiger partial charge < -0.3 is 5.32 Å². The SMILES string of the molecule is CC(C1CC1)n1cc(NC(=O)c2n[nH]c(=O)[nH]c2=O)cn1. The number of carbonyl (C=O) groups is 1. The maximum absolute atomic E-state index is 11.9. The second kappa shape index (κ2) is 5.00. The van der Waals surface area contributed by atoms with Crippen LogP contribution >= 0.6 is 0 Å². The molecule has 1 aliphatic rings. The van der Waals surface area contributed by atoms with Crippen molar-refractivity contribution in [1.29, 1.82) is 0 Å². The number of hydrogen-bond acceptors (Lipinski definition) is 5. The Hall–Kier alpha value is -2.71. The number of aromatic amines is 2. The van der Waals surface area contributed by atoms with Crippen LogP contribution in [0.3, 0.4) is 0 Å². The van der Waals surface area contributed by atoms with Gasteiger partial charge >= 0.3 is 5.69 Å². The van der Waals surface area contributed by atoms with Crippen molar-refractivity contribution in [2.75, 3.05) is 5.32 Å². The number of H-pyrrole nitrogens is 2. The molecule has 1 aliphatic carbocycles. The van der Waals surface area contributed by atoms with Crippen molar-refractivity contribution in [3.8, 4) is 0 Å². The minimum Gasteiger partial charge on any atom is -0.318 e. The van der Waals surface area contributed by atoms with Gasteiger partial charge in [0, 0.05) is 6.20 Å². The van der Waals surface area contributed by atoms with Gasteiger partial charge in [-0.2, -0.15) is 10.2 Å². The predicted octanol–water partition coefficient (Wildman–Crippen LogP) is -0.122. The van der Waals surface area contributed by atoms with Gasteiger partial charge in [-0.25, -0.2) is 9.89 Å². The predicted molar refractivity (Wildman–Crippen MR) is 73.1 cm³/mol. The van der Waals surface area contributed by atoms with Gasteiger partial charge in [0.2, 0.25) is 5.69 Å². The van der Waals surface area contributed by atoms with Crippen LogP contribution in [0.5, 0.6) is 0 Å². The molecule has 0 radical (unpaired) electrons. The first-order valence-corrected chi connectivity index (χ1v) is 6.59. The smallest absolute Gasteiger partial charge is 0.318 e. The molecule has 0 saturated heterocycles. The topological polar surface area (TPSA) is 126 Å². The van der Waals surface area contributed by atoms with E-state index in [1.165, 1.54) is 19.0 Å². The van der Waals surface area contributed by atoms with Crippen molar-refractivity contribution in [2.45, 2.75) is 25.8 Å². The number of hydrogen-bond donors (Lipinski definition) is 3. The third-order valence-corrected chi connectivity index (χ3v) is 3.51. The van der Waals surface area contributed by atoms with Gasteiger partial charge in [-0.1, -0.05) is 0 Å². The Kier molecular flexibility index (Phi) is 3.16. The Bertz CT molecular complexity index is 785. The lowest BCUT2D eigenvalue weighted by Gasteiger charge is -2.09. The zero-order chi connectivity index (χ0) is 15.0. The normalized spacial score (nSPS) is 15.7. The molecule has 0 aliphatic heterocycles. The number of nitrogens with zero attached hydrogens (tertiary/aromatic N) is 3. The van der Waals surface area contributed by atoms with Crippen molar-refractivity contribution in [3.05, 3.63) is 38.9 Å². The van der Waals surface area contributed by atoms with Crippen molar-refractivity contribution in [2.24, 2.45) is 5.92 Å². The number of nitrogens with one attached hydrogen (secondary N) is 3. The van der Waals surface area contributed by atoms with E-state index in [0.717, 1.165) is 0 Å². The summed E-state index contributed by atoms with van der Waals surface area (Å²) < 4.78 is 1.79. The zero-order valence-corrected chi connectivity index (χ0v) is 11.3. The number of carbonyl (C=O) groups excluding carboxylic acids is 1. The van der Waals surface area contributed by atoms with E-state index in [1.807, 2.05) is 10.1 Å². The van der Waals surface area contributed by atoms with Crippen LogP contribution < -0.4 is 16.6 Å². The lowest BCUT2D eigenvalue weighted by Crippen LogP contribution is -2.32. The molecule has 1 unspecified atom stereocenters. The van der Waals surface area contributed by atoms with Gasteiger partial charge in [-0.3, -0.25) is 19.3 Å². The van der Waals surface area contributed by atoms with E-state index >= 15 is 0 Å². The molecule has 9 heteroatoms. The fraction of sp³-hybridized carbons (Fsp3) is 0.417. The lowest BCUT2D eigenvalue weighted by molar-refractivity contribution is 0.101. The van der Waals surface area contributed by atoms with Gasteiger partial charge in [0.1, 0.15) is 0 Å². The summed E-state index contributed by atoms with van der Waals surface area (Å²) in [6.45, 7) is 2.07. The molecule has 2 aromatic heterocycles. The molecule has 3 rings (SSSR count). The van der Waals surface area contributed by atoms with Crippen molar-refractivity contribution in [3.63, 3.8) is 0 Å². The standard InChI is InChI=1S/C12H14N6O3/c1-6(7-2-3-7)18-5-8(4-13-18)14-10(19)9-11(20)15-12(21)17-16-9/h4-7H,2-3H2,1H3,(H,14,19)(H2,15,17,20,21). The fourth-order valence-electron chi connectivity index (χ4n) is 2.11. The van der Waals surface area contributed by atoms with Crippen LogP contribution in [0, 0.1) is 5.92 Å². The maximum Gasteiger partial charge on any atom is 0.342 e. The minimum absolute atomic E-state index is 0.283. The highest BCUT2D eigenvalue weighted by Gasteiger charge is 2.29. The summed E-state index contributed by atoms with van der Waals surface area (Å²) >= 11 is 0. The van der Waals surface area contributed by atoms with Crippen molar-refractivity contribution in [1.82, 2.24) is 25.0 Å². The van der Waals surface area contributed by atoms with Gasteiger partial charge in [0.05, 0.1) is 17.9 Å². The van der Waals surface area contributed by atoms with Crippen LogP contribution in [-0.4, -0.2) is 30.9 Å². The highest BCUT2D eigenvalue weighted by atomic mass is 16.2. The summed E-state index contributed by atoms with van der Waals surface area (Å²) in [5.41, 5.74) is -1.53. The first-order chi connectivity index (χ1) is 10.0. The Labute approximate surface area is 118 Å². The second-order valence-corrected chi connectivity index (χ2v) is 5.10. The van der Waals surface area contributed by atoms with Crippen LogP contribution in [0.2, 0.25) is 0 Å². The van der Waals surface area contributed by atoms with Crippen molar-refractivity contribution >= 4 is 11.6 Å². The third-order valence-electron chi connectivity index (χ3n) is 3.51. The van der Waals surface area contributed by atoms with E-state index in [9.17, 15) is 14.4 Å². The van der Waals surface area contributed by atoms with Crippen LogP contribution in [0.1, 0.15) is 36.3 Å². The second-order valence-electron chi connectivity index (χ2n) is 5.10. The maximum atomic E-state index is 11.9. The number of aromatic nitrogens is 5. The summed E-state index contributed by atoms with van der Waals surface area (Å²) in [6.07, 6.45) is 5.61. The molecular formula is C12H14N6O3. The largest absolute Gasteiger partial charge is 0.342 e. The minimum atomic E-state index is -0.838. The molecule has 9 nitrogen and oxygen atoms in total. The molecule has 1 saturated carbocycles. The Balaban J connectivity index is 1.75. The summed E-state index contributed by atoms with van der Waals surface area (Å²) in [5.74, 6) is -0.0664. The van der Waals surface area contributed by atoms with Crippen LogP contribution in [-0.2, 0) is 0 Å². The molecule has 0 bridgehead atoms. The van der Waals surface area contributed by atoms with Gasteiger partial charge in [0.15, 0.2) is 0 Å². The number of amides is 1. The van der Waals surface area contributed by atoms with Gasteiger partial charge in [-0.15, -0.1) is 0 Å². The molecule has 21 heavy (non-hydrogen) atoms. The Morgan fingerprint density at radius 2 is 2.24 bits per heavy atom. The average Bonchev–Trinajstić information content (AvgIpc) is 3.18. The molecule has 1 atom stereocenters. The molecule has 0 spiro atoms. The van der Waals surface area contributed by atoms with E-state index < -0.39 is 22.9 Å². The van der Waals surface area contributed by atoms with Crippen LogP contribution in [0.15, 0.2) is 22.0 Å². The Morgan fingerprint density at radius 1 is 1.48 bits per heavy atom. The fourth-order valence-corrected chi connectivity index (χ4v) is 2.11. The molecule has 0 aromatic carbocycles. The summed E-state index contributed by atoms with van der Waals surface area (Å²) in [4.78, 5) is 36.2. The van der Waals surface area contributed by atoms with Gasteiger partial charge in [0.25, 0.3) is 11.5 Å². The van der Waals surface area contributed by atoms with Crippen molar-refractivity contribution < 1.29 is 4.79 Å². The lowest BCUT2D eigenvalue weighted by atomic mass is 10.2. The summed E-state index contributed by atoms with van der Waals surface area (Å²) in [6, 6.07) is 0.283. The van der Waals surface area contributed by atoms with E-state index in [4.69, 9.17) is 0 Å². The molecule has 3 N–H and O–H groups in total. The molecule has 2 aromatic rings. The first-order valence-electron chi connectivity index (χ1n) is 6.59. The van der Waals surface area contributed by atoms with Crippen LogP contribution in [0.25, 0.3) is 0 Å². The molecule has 1 fully saturated rings. The quantitative estimate of drug-likeness (QED) is 0.723. The highest BCUT2D eigenvalue weighted by molar-refractivity contribution is 6.02. The Morgan fingerprint density at radius 3 is 2.90 bits per heavy atom. The van der Waals surface area contributed by atoms with Gasteiger partial charge in [-0.05, 0) is 25.7 Å². The van der Waals surface area contributed by atoms with E-state index in [1.54, 1.807) is 10.9 Å². The monoisotopic (exact) mass is 290 g/mol. The summed E-state index contributed by atoms with van der Waals surface area (Å²) in [7, 11) is 0. The molecule has 2 heterocycles. The molecule has 110 valence electrons. The summed E-state index contributed by atoms with van der Waals surface area (Å²) in [5, 5.41) is 12.2. The molecular weight excluding hydrogens is 276 g/mol. The van der Waals surface area contributed by atoms with E-state index in [-0.39, 0.29) is 6.04 Å². The number of anilines is 1. The average molecular weight is 290 g/mol. The van der Waals surface area contributed by atoms with E-state index in [0.29, 0.717) is 11.6 Å².